The zero-order valence-electron chi connectivity index (χ0n) is 9.57. The van der Waals surface area contributed by atoms with Crippen molar-refractivity contribution in [1.29, 1.82) is 0 Å². The summed E-state index contributed by atoms with van der Waals surface area (Å²) in [7, 11) is 0. The molecule has 0 atom stereocenters. The van der Waals surface area contributed by atoms with Gasteiger partial charge in [-0.2, -0.15) is 0 Å². The minimum Gasteiger partial charge on any atom is -0.478 e. The lowest BCUT2D eigenvalue weighted by atomic mass is 10.0. The highest BCUT2D eigenvalue weighted by Crippen LogP contribution is 2.12. The van der Waals surface area contributed by atoms with Crippen molar-refractivity contribution < 1.29 is 14.7 Å². The lowest BCUT2D eigenvalue weighted by molar-refractivity contribution is 0.0692. The van der Waals surface area contributed by atoms with E-state index in [4.69, 9.17) is 11.5 Å². The van der Waals surface area contributed by atoms with Crippen LogP contribution in [0.3, 0.4) is 0 Å². The fourth-order valence-electron chi connectivity index (χ4n) is 1.12. The second-order valence-electron chi connectivity index (χ2n) is 2.77. The molecule has 0 saturated carbocycles. The van der Waals surface area contributed by atoms with Crippen molar-refractivity contribution in [2.45, 2.75) is 20.8 Å². The molecule has 0 aliphatic heterocycles. The molecular weight excluding hydrogens is 204 g/mol. The van der Waals surface area contributed by atoms with Crippen molar-refractivity contribution >= 4 is 11.8 Å². The molecule has 0 aromatic heterocycles. The van der Waals surface area contributed by atoms with Gasteiger partial charge in [-0.05, 0) is 25.1 Å². The Morgan fingerprint density at radius 2 is 1.81 bits per heavy atom. The maximum Gasteiger partial charge on any atom is 0.336 e. The second-order valence-corrected chi connectivity index (χ2v) is 2.77. The molecule has 0 aliphatic rings. The van der Waals surface area contributed by atoms with Gasteiger partial charge in [0.1, 0.15) is 0 Å². The molecule has 0 spiro atoms. The molecule has 1 aromatic rings. The lowest BCUT2D eigenvalue weighted by Crippen LogP contribution is -2.06. The monoisotopic (exact) mass is 218 g/mol. The first-order valence-electron chi connectivity index (χ1n) is 4.91. The van der Waals surface area contributed by atoms with Gasteiger partial charge in [0.05, 0.1) is 5.56 Å². The fraction of sp³-hybridized carbons (Fsp3) is 0.231. The van der Waals surface area contributed by atoms with E-state index in [1.807, 2.05) is 13.8 Å². The molecule has 16 heavy (non-hydrogen) atoms. The van der Waals surface area contributed by atoms with Crippen molar-refractivity contribution in [2.24, 2.45) is 0 Å². The van der Waals surface area contributed by atoms with Crippen molar-refractivity contribution in [2.75, 3.05) is 0 Å². The van der Waals surface area contributed by atoms with Crippen LogP contribution in [0.2, 0.25) is 0 Å². The van der Waals surface area contributed by atoms with E-state index in [1.165, 1.54) is 19.1 Å². The predicted octanol–water partition coefficient (Wildman–Crippen LogP) is 2.59. The molecule has 0 unspecified atom stereocenters. The number of hydrogen-bond acceptors (Lipinski definition) is 2. The number of Topliss-reactive ketones (excluding diaryl/α,β-unsaturated/α-hetero) is 1. The van der Waals surface area contributed by atoms with Gasteiger partial charge in [-0.15, -0.1) is 6.42 Å². The number of carbonyl (C=O) groups is 2. The molecule has 1 N–H and O–H groups in total. The van der Waals surface area contributed by atoms with E-state index >= 15 is 0 Å². The third-order valence-electron chi connectivity index (χ3n) is 1.80. The van der Waals surface area contributed by atoms with Crippen molar-refractivity contribution in [1.82, 2.24) is 0 Å². The molecule has 1 rings (SSSR count). The maximum atomic E-state index is 11.1. The zero-order valence-corrected chi connectivity index (χ0v) is 9.57. The standard InChI is InChI=1S/C11H8O3.C2H6/c1-3-8-4-5-9(7(2)12)10(6-8)11(13)14;1-2/h1,4-6H,2H3,(H,13,14);1-2H3. The smallest absolute Gasteiger partial charge is 0.336 e. The summed E-state index contributed by atoms with van der Waals surface area (Å²) < 4.78 is 0. The number of terminal acetylenes is 1. The van der Waals surface area contributed by atoms with Crippen molar-refractivity contribution in [3.05, 3.63) is 34.9 Å². The summed E-state index contributed by atoms with van der Waals surface area (Å²) in [4.78, 5) is 21.8. The van der Waals surface area contributed by atoms with Gasteiger partial charge in [0.2, 0.25) is 0 Å². The molecule has 3 heteroatoms. The second kappa shape index (κ2) is 6.41. The van der Waals surface area contributed by atoms with Crippen LogP contribution in [0.25, 0.3) is 0 Å². The number of ketones is 1. The molecule has 1 aromatic carbocycles. The quantitative estimate of drug-likeness (QED) is 0.613. The van der Waals surface area contributed by atoms with Gasteiger partial charge in [0, 0.05) is 11.1 Å². The Hall–Kier alpha value is -2.08. The highest BCUT2D eigenvalue weighted by molar-refractivity contribution is 6.04. The van der Waals surface area contributed by atoms with Crippen LogP contribution in [0.5, 0.6) is 0 Å². The van der Waals surface area contributed by atoms with E-state index in [0.29, 0.717) is 5.56 Å². The van der Waals surface area contributed by atoms with Crippen molar-refractivity contribution in [3.63, 3.8) is 0 Å². The molecule has 0 bridgehead atoms. The number of aromatic carboxylic acids is 1. The number of carboxylic acids is 1. The summed E-state index contributed by atoms with van der Waals surface area (Å²) in [5.74, 6) is 0.882. The minimum absolute atomic E-state index is 0.0482. The first-order chi connectivity index (χ1) is 7.56. The number of carbonyl (C=O) groups excluding carboxylic acids is 1. The summed E-state index contributed by atoms with van der Waals surface area (Å²) >= 11 is 0. The van der Waals surface area contributed by atoms with Gasteiger partial charge in [-0.3, -0.25) is 4.79 Å². The van der Waals surface area contributed by atoms with E-state index < -0.39 is 5.97 Å². The molecule has 0 heterocycles. The molecule has 0 fully saturated rings. The van der Waals surface area contributed by atoms with Crippen LogP contribution in [0.4, 0.5) is 0 Å². The first kappa shape index (κ1) is 13.9. The Morgan fingerprint density at radius 3 is 2.19 bits per heavy atom. The van der Waals surface area contributed by atoms with Crippen LogP contribution >= 0.6 is 0 Å². The summed E-state index contributed by atoms with van der Waals surface area (Å²) in [5, 5.41) is 8.81. The van der Waals surface area contributed by atoms with Crippen LogP contribution in [0.15, 0.2) is 18.2 Å². The van der Waals surface area contributed by atoms with E-state index in [2.05, 4.69) is 5.92 Å². The Kier molecular flexibility index (Phi) is 5.58. The Morgan fingerprint density at radius 1 is 1.25 bits per heavy atom. The minimum atomic E-state index is -1.15. The molecule has 0 amide bonds. The predicted molar refractivity (Wildman–Crippen MR) is 62.7 cm³/mol. The Bertz CT molecular complexity index is 439. The average molecular weight is 218 g/mol. The Labute approximate surface area is 95.1 Å². The van der Waals surface area contributed by atoms with Crippen LogP contribution in [-0.2, 0) is 0 Å². The van der Waals surface area contributed by atoms with E-state index in [-0.39, 0.29) is 16.9 Å². The van der Waals surface area contributed by atoms with Crippen LogP contribution in [-0.4, -0.2) is 16.9 Å². The first-order valence-corrected chi connectivity index (χ1v) is 4.91. The summed E-state index contributed by atoms with van der Waals surface area (Å²) in [5.41, 5.74) is 0.580. The van der Waals surface area contributed by atoms with Gasteiger partial charge in [0.15, 0.2) is 5.78 Å². The van der Waals surface area contributed by atoms with E-state index in [9.17, 15) is 9.59 Å². The topological polar surface area (TPSA) is 54.4 Å². The van der Waals surface area contributed by atoms with Crippen LogP contribution in [0, 0.1) is 12.3 Å². The molecule has 0 aliphatic carbocycles. The van der Waals surface area contributed by atoms with E-state index in [1.54, 1.807) is 6.07 Å². The number of rotatable bonds is 2. The number of carboxylic acid groups (broad SMARTS) is 1. The Balaban J connectivity index is 0.00000106. The van der Waals surface area contributed by atoms with Gasteiger partial charge >= 0.3 is 5.97 Å². The fourth-order valence-corrected chi connectivity index (χ4v) is 1.12. The van der Waals surface area contributed by atoms with E-state index in [0.717, 1.165) is 0 Å². The van der Waals surface area contributed by atoms with Gasteiger partial charge in [0.25, 0.3) is 0 Å². The zero-order chi connectivity index (χ0) is 12.7. The van der Waals surface area contributed by atoms with Gasteiger partial charge in [-0.1, -0.05) is 19.8 Å². The molecule has 84 valence electrons. The third kappa shape index (κ3) is 3.25. The highest BCUT2D eigenvalue weighted by atomic mass is 16.4. The number of benzene rings is 1. The summed E-state index contributed by atoms with van der Waals surface area (Å²) in [6.45, 7) is 5.32. The summed E-state index contributed by atoms with van der Waals surface area (Å²) in [6, 6.07) is 4.29. The normalized spacial score (nSPS) is 8.38. The van der Waals surface area contributed by atoms with Gasteiger partial charge in [-0.25, -0.2) is 4.79 Å². The molecule has 0 radical (unpaired) electrons. The van der Waals surface area contributed by atoms with Crippen molar-refractivity contribution in [3.8, 4) is 12.3 Å². The lowest BCUT2D eigenvalue weighted by Gasteiger charge is -2.02. The largest absolute Gasteiger partial charge is 0.478 e. The van der Waals surface area contributed by atoms with Crippen LogP contribution in [0.1, 0.15) is 47.1 Å². The third-order valence-corrected chi connectivity index (χ3v) is 1.80. The van der Waals surface area contributed by atoms with Gasteiger partial charge < -0.3 is 5.11 Å². The maximum absolute atomic E-state index is 11.1. The molecule has 0 saturated heterocycles. The SMILES string of the molecule is C#Cc1ccc(C(C)=O)c(C(=O)O)c1.CC. The summed E-state index contributed by atoms with van der Waals surface area (Å²) in [6.07, 6.45) is 5.12. The number of hydrogen-bond donors (Lipinski definition) is 1. The van der Waals surface area contributed by atoms with Crippen LogP contribution < -0.4 is 0 Å². The highest BCUT2D eigenvalue weighted by Gasteiger charge is 2.13. The molecular formula is C13H14O3. The molecule has 3 nitrogen and oxygen atoms in total. The average Bonchev–Trinajstić information content (AvgIpc) is 2.30.